The minimum Gasteiger partial charge on any atom is -0.478 e. The van der Waals surface area contributed by atoms with Crippen LogP contribution in [0.15, 0.2) is 12.1 Å². The molecule has 0 bridgehead atoms. The summed E-state index contributed by atoms with van der Waals surface area (Å²) in [6, 6.07) is 1.78. The molecule has 0 saturated heterocycles. The molecule has 0 saturated carbocycles. The molecular formula is C12H13Cl2N3O4. The van der Waals surface area contributed by atoms with Crippen molar-refractivity contribution in [3.8, 4) is 0 Å². The van der Waals surface area contributed by atoms with E-state index in [1.807, 2.05) is 0 Å². The van der Waals surface area contributed by atoms with Crippen LogP contribution < -0.4 is 16.4 Å². The predicted octanol–water partition coefficient (Wildman–Crippen LogP) is 2.08. The maximum absolute atomic E-state index is 11.6. The molecule has 7 nitrogen and oxygen atoms in total. The third kappa shape index (κ3) is 5.49. The summed E-state index contributed by atoms with van der Waals surface area (Å²) in [6.45, 7) is 0.247. The van der Waals surface area contributed by atoms with Crippen LogP contribution in [-0.2, 0) is 4.79 Å². The summed E-state index contributed by atoms with van der Waals surface area (Å²) < 4.78 is 0. The van der Waals surface area contributed by atoms with Crippen LogP contribution in [0.4, 0.5) is 10.5 Å². The van der Waals surface area contributed by atoms with Crippen molar-refractivity contribution in [2.45, 2.75) is 12.8 Å². The molecule has 1 aromatic rings. The Balaban J connectivity index is 2.64. The van der Waals surface area contributed by atoms with E-state index in [0.29, 0.717) is 6.42 Å². The maximum Gasteiger partial charge on any atom is 0.335 e. The molecule has 0 aliphatic heterocycles. The maximum atomic E-state index is 11.6. The van der Waals surface area contributed by atoms with E-state index in [1.54, 1.807) is 0 Å². The third-order valence-corrected chi connectivity index (χ3v) is 3.01. The van der Waals surface area contributed by atoms with Crippen LogP contribution in [0.25, 0.3) is 0 Å². The van der Waals surface area contributed by atoms with Gasteiger partial charge >= 0.3 is 12.0 Å². The molecule has 114 valence electrons. The van der Waals surface area contributed by atoms with Gasteiger partial charge in [-0.1, -0.05) is 23.2 Å². The number of carboxylic acids is 1. The molecule has 1 rings (SSSR count). The molecule has 0 unspecified atom stereocenters. The zero-order chi connectivity index (χ0) is 16.0. The Kier molecular flexibility index (Phi) is 6.26. The third-order valence-electron chi connectivity index (χ3n) is 2.41. The zero-order valence-corrected chi connectivity index (χ0v) is 12.3. The van der Waals surface area contributed by atoms with Crippen molar-refractivity contribution >= 4 is 46.8 Å². The highest BCUT2D eigenvalue weighted by atomic mass is 35.5. The average molecular weight is 334 g/mol. The first-order valence-corrected chi connectivity index (χ1v) is 6.62. The Hall–Kier alpha value is -1.99. The second-order valence-corrected chi connectivity index (χ2v) is 4.89. The van der Waals surface area contributed by atoms with Crippen molar-refractivity contribution in [1.82, 2.24) is 5.32 Å². The molecule has 0 aliphatic carbocycles. The van der Waals surface area contributed by atoms with E-state index in [1.165, 1.54) is 12.1 Å². The fraction of sp³-hybridized carbons (Fsp3) is 0.250. The number of anilines is 1. The number of carbonyl (C=O) groups is 3. The molecular weight excluding hydrogens is 321 g/mol. The monoisotopic (exact) mass is 333 g/mol. The van der Waals surface area contributed by atoms with Crippen molar-refractivity contribution in [3.63, 3.8) is 0 Å². The van der Waals surface area contributed by atoms with E-state index < -0.39 is 17.9 Å². The number of rotatable bonds is 6. The van der Waals surface area contributed by atoms with Crippen LogP contribution in [0.2, 0.25) is 10.0 Å². The Morgan fingerprint density at radius 2 is 1.76 bits per heavy atom. The number of amides is 3. The van der Waals surface area contributed by atoms with E-state index in [4.69, 9.17) is 34.0 Å². The lowest BCUT2D eigenvalue weighted by Gasteiger charge is -2.11. The minimum atomic E-state index is -1.18. The van der Waals surface area contributed by atoms with E-state index in [0.717, 1.165) is 0 Å². The van der Waals surface area contributed by atoms with Gasteiger partial charge in [-0.2, -0.15) is 0 Å². The first-order valence-electron chi connectivity index (χ1n) is 5.86. The number of carbonyl (C=O) groups excluding carboxylic acids is 2. The van der Waals surface area contributed by atoms with Crippen molar-refractivity contribution < 1.29 is 19.5 Å². The lowest BCUT2D eigenvalue weighted by atomic mass is 10.2. The normalized spacial score (nSPS) is 10.0. The van der Waals surface area contributed by atoms with Crippen LogP contribution in [0.1, 0.15) is 23.2 Å². The number of nitrogens with one attached hydrogen (secondary N) is 2. The van der Waals surface area contributed by atoms with Crippen molar-refractivity contribution in [3.05, 3.63) is 27.7 Å². The average Bonchev–Trinajstić information content (AvgIpc) is 2.38. The van der Waals surface area contributed by atoms with Gasteiger partial charge in [0.15, 0.2) is 0 Å². The van der Waals surface area contributed by atoms with Crippen LogP contribution in [0.3, 0.4) is 0 Å². The van der Waals surface area contributed by atoms with Crippen LogP contribution in [0, 0.1) is 0 Å². The smallest absolute Gasteiger partial charge is 0.335 e. The number of nitrogens with two attached hydrogens (primary N) is 1. The SMILES string of the molecule is NC(=O)CCCNC(=O)Nc1c(Cl)cc(C(=O)O)cc1Cl. The van der Waals surface area contributed by atoms with Gasteiger partial charge in [0.05, 0.1) is 21.3 Å². The molecule has 0 atom stereocenters. The summed E-state index contributed by atoms with van der Waals surface area (Å²) in [5.41, 5.74) is 4.98. The number of urea groups is 1. The second-order valence-electron chi connectivity index (χ2n) is 4.07. The standard InChI is InChI=1S/C12H13Cl2N3O4/c13-7-4-6(11(19)20)5-8(14)10(7)17-12(21)16-3-1-2-9(15)18/h4-5H,1-3H2,(H2,15,18)(H,19,20)(H2,16,17,21). The van der Waals surface area contributed by atoms with Gasteiger partial charge in [-0.3, -0.25) is 4.79 Å². The summed E-state index contributed by atoms with van der Waals surface area (Å²) >= 11 is 11.7. The second kappa shape index (κ2) is 7.70. The first-order chi connectivity index (χ1) is 9.81. The van der Waals surface area contributed by atoms with Crippen LogP contribution in [-0.4, -0.2) is 29.6 Å². The van der Waals surface area contributed by atoms with Crippen LogP contribution >= 0.6 is 23.2 Å². The highest BCUT2D eigenvalue weighted by Crippen LogP contribution is 2.31. The number of benzene rings is 1. The number of hydrogen-bond donors (Lipinski definition) is 4. The Morgan fingerprint density at radius 3 is 2.24 bits per heavy atom. The fourth-order valence-electron chi connectivity index (χ4n) is 1.44. The van der Waals surface area contributed by atoms with Gasteiger partial charge < -0.3 is 21.5 Å². The number of carboxylic acid groups (broad SMARTS) is 1. The lowest BCUT2D eigenvalue weighted by Crippen LogP contribution is -2.30. The first kappa shape index (κ1) is 17.1. The molecule has 1 aromatic carbocycles. The highest BCUT2D eigenvalue weighted by molar-refractivity contribution is 6.40. The summed E-state index contributed by atoms with van der Waals surface area (Å²) in [5.74, 6) is -1.63. The van der Waals surface area contributed by atoms with Gasteiger partial charge in [-0.25, -0.2) is 9.59 Å². The Labute approximate surface area is 130 Å². The molecule has 0 heterocycles. The summed E-state index contributed by atoms with van der Waals surface area (Å²) in [7, 11) is 0. The van der Waals surface area contributed by atoms with Gasteiger partial charge in [0.2, 0.25) is 5.91 Å². The van der Waals surface area contributed by atoms with Crippen LogP contribution in [0.5, 0.6) is 0 Å². The predicted molar refractivity (Wildman–Crippen MR) is 78.9 cm³/mol. The molecule has 0 radical (unpaired) electrons. The topological polar surface area (TPSA) is 122 Å². The highest BCUT2D eigenvalue weighted by Gasteiger charge is 2.14. The number of aromatic carboxylic acids is 1. The zero-order valence-electron chi connectivity index (χ0n) is 10.8. The number of hydrogen-bond acceptors (Lipinski definition) is 3. The molecule has 0 fully saturated rings. The molecule has 0 spiro atoms. The number of primary amides is 1. The van der Waals surface area contributed by atoms with Crippen molar-refractivity contribution in [1.29, 1.82) is 0 Å². The molecule has 3 amide bonds. The van der Waals surface area contributed by atoms with E-state index >= 15 is 0 Å². The molecule has 0 aromatic heterocycles. The fourth-order valence-corrected chi connectivity index (χ4v) is 2.02. The van der Waals surface area contributed by atoms with Gasteiger partial charge in [0.25, 0.3) is 0 Å². The molecule has 0 aliphatic rings. The molecule has 5 N–H and O–H groups in total. The van der Waals surface area contributed by atoms with Gasteiger partial charge in [0, 0.05) is 13.0 Å². The van der Waals surface area contributed by atoms with E-state index in [2.05, 4.69) is 10.6 Å². The van der Waals surface area contributed by atoms with Gasteiger partial charge in [-0.15, -0.1) is 0 Å². The largest absolute Gasteiger partial charge is 0.478 e. The molecule has 21 heavy (non-hydrogen) atoms. The van der Waals surface area contributed by atoms with Gasteiger partial charge in [-0.05, 0) is 18.6 Å². The summed E-state index contributed by atoms with van der Waals surface area (Å²) in [6.07, 6.45) is 0.567. The number of halogens is 2. The van der Waals surface area contributed by atoms with Crippen molar-refractivity contribution in [2.75, 3.05) is 11.9 Å². The summed E-state index contributed by atoms with van der Waals surface area (Å²) in [5, 5.41) is 13.7. The minimum absolute atomic E-state index is 0.00665. The lowest BCUT2D eigenvalue weighted by molar-refractivity contribution is -0.118. The molecule has 9 heteroatoms. The van der Waals surface area contributed by atoms with E-state index in [9.17, 15) is 14.4 Å². The Bertz CT molecular complexity index is 555. The Morgan fingerprint density at radius 1 is 1.19 bits per heavy atom. The summed E-state index contributed by atoms with van der Waals surface area (Å²) in [4.78, 5) is 32.9. The van der Waals surface area contributed by atoms with Gasteiger partial charge in [0.1, 0.15) is 0 Å². The van der Waals surface area contributed by atoms with Crippen molar-refractivity contribution in [2.24, 2.45) is 5.73 Å². The van der Waals surface area contributed by atoms with E-state index in [-0.39, 0.29) is 34.3 Å². The quantitative estimate of drug-likeness (QED) is 0.595.